The molecule has 6 nitrogen and oxygen atoms in total. The van der Waals surface area contributed by atoms with E-state index >= 15 is 0 Å². The average Bonchev–Trinajstić information content (AvgIpc) is 3.45. The molecular weight excluding hydrogens is 504 g/mol. The van der Waals surface area contributed by atoms with Crippen LogP contribution >= 0.6 is 0 Å². The van der Waals surface area contributed by atoms with Gasteiger partial charge in [0.05, 0.1) is 0 Å². The molecule has 2 saturated heterocycles. The number of fused-ring (bicyclic) bond motifs is 2. The summed E-state index contributed by atoms with van der Waals surface area (Å²) in [5.41, 5.74) is 0.529. The summed E-state index contributed by atoms with van der Waals surface area (Å²) in [7, 11) is 0. The molecule has 0 amide bonds. The van der Waals surface area contributed by atoms with Gasteiger partial charge in [-0.2, -0.15) is 0 Å². The minimum atomic E-state index is 0.469. The van der Waals surface area contributed by atoms with Gasteiger partial charge in [0, 0.05) is 44.8 Å². The molecule has 2 saturated carbocycles. The Balaban J connectivity index is 1.22. The number of unbranched alkanes of at least 4 members (excludes halogenated alkanes) is 6. The van der Waals surface area contributed by atoms with E-state index in [0.29, 0.717) is 23.5 Å². The Morgan fingerprint density at radius 2 is 1.54 bits per heavy atom. The van der Waals surface area contributed by atoms with Gasteiger partial charge in [0.1, 0.15) is 0 Å². The van der Waals surface area contributed by atoms with Crippen LogP contribution in [0, 0.1) is 34.0 Å². The first-order chi connectivity index (χ1) is 19.9. The maximum absolute atomic E-state index is 8.96. The number of hydrogen-bond acceptors (Lipinski definition) is 2. The largest absolute Gasteiger partial charge is 0.354 e. The van der Waals surface area contributed by atoms with Crippen LogP contribution in [0.2, 0.25) is 0 Å². The Morgan fingerprint density at radius 1 is 0.780 bits per heavy atom. The van der Waals surface area contributed by atoms with Crippen molar-refractivity contribution in [3.63, 3.8) is 0 Å². The van der Waals surface area contributed by atoms with E-state index in [1.165, 1.54) is 109 Å². The maximum atomic E-state index is 8.96. The third kappa shape index (κ3) is 8.78. The van der Waals surface area contributed by atoms with E-state index in [1.807, 2.05) is 0 Å². The predicted octanol–water partition coefficient (Wildman–Crippen LogP) is 8.08. The molecule has 4 unspecified atom stereocenters. The smallest absolute Gasteiger partial charge is 0.194 e. The Kier molecular flexibility index (Phi) is 12.5. The first-order valence-corrected chi connectivity index (χ1v) is 18.1. The molecule has 2 aliphatic carbocycles. The topological polar surface area (TPSA) is 69.5 Å². The van der Waals surface area contributed by atoms with Gasteiger partial charge >= 0.3 is 0 Å². The molecule has 0 spiro atoms. The van der Waals surface area contributed by atoms with E-state index in [1.54, 1.807) is 0 Å². The van der Waals surface area contributed by atoms with Gasteiger partial charge < -0.3 is 20.0 Å². The van der Waals surface area contributed by atoms with Gasteiger partial charge in [-0.25, -0.2) is 0 Å². The summed E-state index contributed by atoms with van der Waals surface area (Å²) < 4.78 is 0. The van der Waals surface area contributed by atoms with Crippen LogP contribution in [0.15, 0.2) is 0 Å². The Hall–Kier alpha value is -1.46. The Morgan fingerprint density at radius 3 is 2.32 bits per heavy atom. The lowest BCUT2D eigenvalue weighted by molar-refractivity contribution is 0.00108. The Labute approximate surface area is 253 Å². The summed E-state index contributed by atoms with van der Waals surface area (Å²) in [4.78, 5) is 7.25. The highest BCUT2D eigenvalue weighted by atomic mass is 15.4. The van der Waals surface area contributed by atoms with Crippen LogP contribution in [0.4, 0.5) is 0 Å². The van der Waals surface area contributed by atoms with Crippen molar-refractivity contribution in [1.82, 2.24) is 20.0 Å². The highest BCUT2D eigenvalue weighted by Crippen LogP contribution is 2.55. The average molecular weight is 571 g/mol. The van der Waals surface area contributed by atoms with Gasteiger partial charge in [-0.1, -0.05) is 72.6 Å². The van der Waals surface area contributed by atoms with Gasteiger partial charge in [0.2, 0.25) is 0 Å². The first-order valence-electron chi connectivity index (χ1n) is 18.1. The van der Waals surface area contributed by atoms with Crippen molar-refractivity contribution in [3.8, 4) is 0 Å². The quantitative estimate of drug-likeness (QED) is 0.146. The number of hydrogen-bond donors (Lipinski definition) is 3. The summed E-state index contributed by atoms with van der Waals surface area (Å²) in [5.74, 6) is 4.22. The Bertz CT molecular complexity index is 810. The van der Waals surface area contributed by atoms with Crippen molar-refractivity contribution in [2.45, 2.75) is 155 Å². The molecule has 0 aromatic carbocycles. The van der Waals surface area contributed by atoms with Crippen molar-refractivity contribution in [2.24, 2.45) is 23.2 Å². The van der Waals surface area contributed by atoms with Crippen molar-refractivity contribution in [1.29, 1.82) is 10.8 Å². The van der Waals surface area contributed by atoms with Crippen LogP contribution in [-0.2, 0) is 0 Å². The fourth-order valence-corrected chi connectivity index (χ4v) is 9.35. The van der Waals surface area contributed by atoms with Crippen molar-refractivity contribution >= 4 is 11.9 Å². The van der Waals surface area contributed by atoms with Crippen LogP contribution in [-0.4, -0.2) is 71.4 Å². The molecule has 4 rings (SSSR count). The molecule has 236 valence electrons. The van der Waals surface area contributed by atoms with Crippen LogP contribution in [0.3, 0.4) is 0 Å². The van der Waals surface area contributed by atoms with Gasteiger partial charge in [0.15, 0.2) is 11.9 Å². The molecule has 6 heteroatoms. The molecule has 0 aromatic rings. The number of rotatable bonds is 18. The number of guanidine groups is 2. The van der Waals surface area contributed by atoms with Crippen LogP contribution in [0.5, 0.6) is 0 Å². The second-order valence-electron chi connectivity index (χ2n) is 14.8. The lowest BCUT2D eigenvalue weighted by atomic mass is 9.55. The summed E-state index contributed by atoms with van der Waals surface area (Å²) in [6.45, 7) is 14.6. The summed E-state index contributed by atoms with van der Waals surface area (Å²) in [6.07, 6.45) is 23.6. The fourth-order valence-electron chi connectivity index (χ4n) is 9.35. The minimum absolute atomic E-state index is 0.469. The molecule has 0 radical (unpaired) electrons. The van der Waals surface area contributed by atoms with E-state index in [0.717, 1.165) is 62.9 Å². The molecule has 0 aromatic heterocycles. The second-order valence-corrected chi connectivity index (χ2v) is 14.8. The van der Waals surface area contributed by atoms with Crippen LogP contribution in [0.25, 0.3) is 0 Å². The third-order valence-corrected chi connectivity index (χ3v) is 11.4. The molecule has 4 aliphatic rings. The van der Waals surface area contributed by atoms with Crippen molar-refractivity contribution in [3.05, 3.63) is 0 Å². The number of nitrogens with one attached hydrogen (secondary N) is 3. The molecule has 2 aliphatic heterocycles. The molecule has 6 atom stereocenters. The summed E-state index contributed by atoms with van der Waals surface area (Å²) in [5, 5.41) is 21.0. The molecule has 4 fully saturated rings. The molecule has 2 bridgehead atoms. The standard InChI is InChI=1S/C35H66N6/c1-5-8-10-11-13-19-41-32(15-9-6-2)27-39(34(41)37)18-14-12-16-31-26-38-33(36)40(31)20-17-35-23-28(4)21-30(25-35)22-29(7-3)24-35/h28-32,37H,5-27H2,1-4H3,(H2,36,38)/t28?,29?,30?,31-,32-,35?/m0/s1. The molecule has 3 N–H and O–H groups in total. The van der Waals surface area contributed by atoms with E-state index in [4.69, 9.17) is 10.8 Å². The van der Waals surface area contributed by atoms with Crippen molar-refractivity contribution < 1.29 is 0 Å². The van der Waals surface area contributed by atoms with Gasteiger partial charge in [-0.15, -0.1) is 0 Å². The zero-order valence-corrected chi connectivity index (χ0v) is 27.5. The minimum Gasteiger partial charge on any atom is -0.354 e. The van der Waals surface area contributed by atoms with E-state index in [2.05, 4.69) is 47.7 Å². The maximum Gasteiger partial charge on any atom is 0.194 e. The summed E-state index contributed by atoms with van der Waals surface area (Å²) in [6, 6.07) is 1.01. The van der Waals surface area contributed by atoms with Gasteiger partial charge in [-0.3, -0.25) is 10.8 Å². The third-order valence-electron chi connectivity index (χ3n) is 11.4. The fraction of sp³-hybridized carbons (Fsp3) is 0.943. The molecule has 2 heterocycles. The van der Waals surface area contributed by atoms with Crippen molar-refractivity contribution in [2.75, 3.05) is 32.7 Å². The lowest BCUT2D eigenvalue weighted by Gasteiger charge is -2.51. The predicted molar refractivity (Wildman–Crippen MR) is 175 cm³/mol. The number of nitrogens with zero attached hydrogens (tertiary/aromatic N) is 3. The highest BCUT2D eigenvalue weighted by molar-refractivity contribution is 5.80. The molecule has 41 heavy (non-hydrogen) atoms. The lowest BCUT2D eigenvalue weighted by Crippen LogP contribution is -2.43. The SMILES string of the molecule is CCCCCCCN1C(=N)N(CCCC[C@H]2CNC(=N)N2CCC23CC(C)CC(CC(CC)C2)C3)C[C@@H]1CCCC. The van der Waals surface area contributed by atoms with Gasteiger partial charge in [0.25, 0.3) is 0 Å². The second kappa shape index (κ2) is 15.8. The zero-order chi connectivity index (χ0) is 29.2. The van der Waals surface area contributed by atoms with Gasteiger partial charge in [-0.05, 0) is 93.8 Å². The highest BCUT2D eigenvalue weighted by Gasteiger charge is 2.45. The van der Waals surface area contributed by atoms with E-state index in [-0.39, 0.29) is 0 Å². The summed E-state index contributed by atoms with van der Waals surface area (Å²) >= 11 is 0. The van der Waals surface area contributed by atoms with Crippen LogP contribution < -0.4 is 5.32 Å². The van der Waals surface area contributed by atoms with Crippen LogP contribution in [0.1, 0.15) is 143 Å². The first kappa shape index (κ1) is 32.5. The molecular formula is C35H66N6. The monoisotopic (exact) mass is 571 g/mol. The van der Waals surface area contributed by atoms with E-state index in [9.17, 15) is 0 Å². The van der Waals surface area contributed by atoms with E-state index < -0.39 is 0 Å². The zero-order valence-electron chi connectivity index (χ0n) is 27.5. The normalized spacial score (nSPS) is 31.8.